The van der Waals surface area contributed by atoms with Crippen LogP contribution in [0.4, 0.5) is 37.6 Å². The van der Waals surface area contributed by atoms with Gasteiger partial charge in [-0.25, -0.2) is 9.18 Å². The van der Waals surface area contributed by atoms with Crippen LogP contribution in [0.5, 0.6) is 0 Å². The Morgan fingerprint density at radius 3 is 2.73 bits per heavy atom. The number of pyridine rings is 1. The maximum absolute atomic E-state index is 13.1. The second-order valence-electron chi connectivity index (χ2n) is 9.72. The lowest BCUT2D eigenvalue weighted by Crippen LogP contribution is -2.49. The lowest BCUT2D eigenvalue weighted by molar-refractivity contribution is 0.0943. The summed E-state index contributed by atoms with van der Waals surface area (Å²) in [7, 11) is 0. The van der Waals surface area contributed by atoms with Crippen LogP contribution in [0.25, 0.3) is 0 Å². The number of amides is 1. The van der Waals surface area contributed by atoms with Gasteiger partial charge >= 0.3 is 6.09 Å². The molecule has 3 heterocycles. The molecule has 0 saturated carbocycles. The van der Waals surface area contributed by atoms with Crippen molar-refractivity contribution in [3.05, 3.63) is 75.2 Å². The fourth-order valence-electron chi connectivity index (χ4n) is 5.15. The molecule has 1 atom stereocenters. The van der Waals surface area contributed by atoms with E-state index in [4.69, 9.17) is 16.3 Å². The summed E-state index contributed by atoms with van der Waals surface area (Å²) in [6.07, 6.45) is 0.273. The van der Waals surface area contributed by atoms with E-state index >= 15 is 0 Å². The van der Waals surface area contributed by atoms with Crippen LogP contribution in [-0.2, 0) is 4.74 Å². The van der Waals surface area contributed by atoms with Crippen LogP contribution < -0.4 is 26.0 Å². The number of hydrogen-bond acceptors (Lipinski definition) is 8. The molecule has 212 valence electrons. The number of nitrogens with zero attached hydrogens (tertiary/aromatic N) is 3. The summed E-state index contributed by atoms with van der Waals surface area (Å²) in [6.45, 7) is 3.87. The smallest absolute Gasteiger partial charge is 0.409 e. The SMILES string of the molecule is Cc1cc(N2CCN(C(=O)OCCF)CC2)cc2c1N(c1c(NCC(O)c3cccc(Cl)c3)cc[nH]c1=O)CN2. The molecule has 5 rings (SSSR count). The lowest BCUT2D eigenvalue weighted by Gasteiger charge is -2.36. The number of carbonyl (C=O) groups excluding carboxylic acids is 1. The van der Waals surface area contributed by atoms with E-state index in [0.717, 1.165) is 22.6 Å². The van der Waals surface area contributed by atoms with Gasteiger partial charge in [-0.2, -0.15) is 0 Å². The van der Waals surface area contributed by atoms with Crippen LogP contribution in [0.15, 0.2) is 53.5 Å². The molecule has 0 bridgehead atoms. The van der Waals surface area contributed by atoms with E-state index in [-0.39, 0.29) is 18.7 Å². The highest BCUT2D eigenvalue weighted by Crippen LogP contribution is 2.43. The maximum atomic E-state index is 13.1. The summed E-state index contributed by atoms with van der Waals surface area (Å²) in [5.41, 5.74) is 5.25. The van der Waals surface area contributed by atoms with Gasteiger partial charge < -0.3 is 40.2 Å². The van der Waals surface area contributed by atoms with Crippen molar-refractivity contribution in [1.29, 1.82) is 0 Å². The van der Waals surface area contributed by atoms with Gasteiger partial charge in [-0.05, 0) is 48.4 Å². The number of piperazine rings is 1. The molecule has 4 N–H and O–H groups in total. The normalized spacial score (nSPS) is 15.4. The molecule has 0 aliphatic carbocycles. The Bertz CT molecular complexity index is 1430. The fourth-order valence-corrected chi connectivity index (χ4v) is 5.35. The summed E-state index contributed by atoms with van der Waals surface area (Å²) in [5, 5.41) is 17.9. The third kappa shape index (κ3) is 5.80. The monoisotopic (exact) mass is 570 g/mol. The van der Waals surface area contributed by atoms with Crippen LogP contribution >= 0.6 is 11.6 Å². The number of ether oxygens (including phenoxy) is 1. The minimum atomic E-state index is -0.815. The van der Waals surface area contributed by atoms with Crippen molar-refractivity contribution in [2.75, 3.05) is 73.1 Å². The number of aryl methyl sites for hydroxylation is 1. The zero-order valence-electron chi connectivity index (χ0n) is 22.1. The zero-order valence-corrected chi connectivity index (χ0v) is 22.9. The number of carbonyl (C=O) groups is 1. The molecule has 0 radical (unpaired) electrons. The van der Waals surface area contributed by atoms with Crippen molar-refractivity contribution in [1.82, 2.24) is 9.88 Å². The predicted molar refractivity (Wildman–Crippen MR) is 155 cm³/mol. The van der Waals surface area contributed by atoms with Crippen molar-refractivity contribution in [3.63, 3.8) is 0 Å². The second-order valence-corrected chi connectivity index (χ2v) is 10.2. The first-order chi connectivity index (χ1) is 19.4. The summed E-state index contributed by atoms with van der Waals surface area (Å²) in [6, 6.07) is 12.9. The topological polar surface area (TPSA) is 113 Å². The van der Waals surface area contributed by atoms with E-state index in [1.54, 1.807) is 41.4 Å². The summed E-state index contributed by atoms with van der Waals surface area (Å²) in [5.74, 6) is 0. The van der Waals surface area contributed by atoms with Crippen LogP contribution in [0.2, 0.25) is 5.02 Å². The van der Waals surface area contributed by atoms with Gasteiger partial charge in [0, 0.05) is 49.6 Å². The van der Waals surface area contributed by atoms with Gasteiger partial charge in [0.1, 0.15) is 19.0 Å². The number of benzene rings is 2. The van der Waals surface area contributed by atoms with E-state index in [1.165, 1.54) is 0 Å². The second kappa shape index (κ2) is 12.1. The highest BCUT2D eigenvalue weighted by molar-refractivity contribution is 6.30. The van der Waals surface area contributed by atoms with Gasteiger partial charge in [0.2, 0.25) is 0 Å². The number of hydrogen-bond donors (Lipinski definition) is 4. The molecule has 3 aromatic rings. The number of aromatic amines is 1. The van der Waals surface area contributed by atoms with E-state index < -0.39 is 18.9 Å². The van der Waals surface area contributed by atoms with Crippen molar-refractivity contribution in [3.8, 4) is 0 Å². The molecule has 2 aliphatic heterocycles. The summed E-state index contributed by atoms with van der Waals surface area (Å²) in [4.78, 5) is 33.6. The van der Waals surface area contributed by atoms with E-state index in [2.05, 4.69) is 26.6 Å². The molecule has 2 aliphatic rings. The minimum absolute atomic E-state index is 0.191. The summed E-state index contributed by atoms with van der Waals surface area (Å²) < 4.78 is 17.2. The standard InChI is InChI=1S/C28H32ClFN6O4/c1-18-13-21(34-8-10-35(11-9-34)28(39)40-12-6-30)15-23-25(18)36(17-33-23)26-22(5-7-31-27(26)38)32-16-24(37)19-3-2-4-20(29)14-19/h2-5,7,13-15,24,33,37H,6,8-12,16-17H2,1H3,(H2,31,32,38). The lowest BCUT2D eigenvalue weighted by atomic mass is 10.1. The molecular formula is C28H32ClFN6O4. The molecule has 40 heavy (non-hydrogen) atoms. The fraction of sp³-hybridized carbons (Fsp3) is 0.357. The molecule has 10 nitrogen and oxygen atoms in total. The van der Waals surface area contributed by atoms with Gasteiger partial charge in [0.05, 0.1) is 29.8 Å². The molecule has 1 fully saturated rings. The molecular weight excluding hydrogens is 539 g/mol. The number of nitrogens with one attached hydrogen (secondary N) is 3. The summed E-state index contributed by atoms with van der Waals surface area (Å²) >= 11 is 6.07. The Balaban J connectivity index is 1.32. The Morgan fingerprint density at radius 1 is 1.18 bits per heavy atom. The van der Waals surface area contributed by atoms with Gasteiger partial charge in [-0.15, -0.1) is 0 Å². The number of fused-ring (bicyclic) bond motifs is 1. The number of aromatic nitrogens is 1. The predicted octanol–water partition coefficient (Wildman–Crippen LogP) is 4.23. The quantitative estimate of drug-likeness (QED) is 0.318. The van der Waals surface area contributed by atoms with Crippen molar-refractivity contribution in [2.24, 2.45) is 0 Å². The Labute approximate surface area is 236 Å². The van der Waals surface area contributed by atoms with Gasteiger partial charge in [0.25, 0.3) is 5.56 Å². The van der Waals surface area contributed by atoms with Gasteiger partial charge in [-0.1, -0.05) is 23.7 Å². The Morgan fingerprint density at radius 2 is 1.98 bits per heavy atom. The van der Waals surface area contributed by atoms with Crippen LogP contribution in [0, 0.1) is 6.92 Å². The number of aliphatic hydroxyl groups excluding tert-OH is 1. The number of alkyl halides is 1. The molecule has 0 spiro atoms. The number of aliphatic hydroxyl groups is 1. The third-order valence-corrected chi connectivity index (χ3v) is 7.35. The minimum Gasteiger partial charge on any atom is -0.447 e. The molecule has 12 heteroatoms. The maximum Gasteiger partial charge on any atom is 0.409 e. The average Bonchev–Trinajstić information content (AvgIpc) is 3.39. The first kappa shape index (κ1) is 27.6. The number of halogens is 2. The number of rotatable bonds is 8. The highest BCUT2D eigenvalue weighted by Gasteiger charge is 2.29. The van der Waals surface area contributed by atoms with Crippen LogP contribution in [-0.4, -0.2) is 73.8 Å². The zero-order chi connectivity index (χ0) is 28.2. The molecule has 1 aromatic heterocycles. The molecule has 1 amide bonds. The van der Waals surface area contributed by atoms with E-state index in [1.807, 2.05) is 17.9 Å². The highest BCUT2D eigenvalue weighted by atomic mass is 35.5. The van der Waals surface area contributed by atoms with Crippen molar-refractivity contribution >= 4 is 46.1 Å². The molecule has 2 aromatic carbocycles. The Kier molecular flexibility index (Phi) is 8.32. The first-order valence-electron chi connectivity index (χ1n) is 13.1. The molecule has 1 saturated heterocycles. The van der Waals surface area contributed by atoms with Crippen molar-refractivity contribution in [2.45, 2.75) is 13.0 Å². The third-order valence-electron chi connectivity index (χ3n) is 7.11. The van der Waals surface area contributed by atoms with E-state index in [0.29, 0.717) is 54.8 Å². The van der Waals surface area contributed by atoms with Gasteiger partial charge in [0.15, 0.2) is 0 Å². The van der Waals surface area contributed by atoms with E-state index in [9.17, 15) is 19.1 Å². The van der Waals surface area contributed by atoms with Crippen molar-refractivity contribution < 1.29 is 19.0 Å². The number of H-pyrrole nitrogens is 1. The van der Waals surface area contributed by atoms with Gasteiger partial charge in [-0.3, -0.25) is 4.79 Å². The van der Waals surface area contributed by atoms with Crippen LogP contribution in [0.3, 0.4) is 0 Å². The largest absolute Gasteiger partial charge is 0.447 e. The average molecular weight is 571 g/mol. The Hall–Kier alpha value is -3.96. The molecule has 1 unspecified atom stereocenters. The first-order valence-corrected chi connectivity index (χ1v) is 13.5. The van der Waals surface area contributed by atoms with Crippen LogP contribution in [0.1, 0.15) is 17.2 Å². The number of anilines is 5.